The first-order valence-corrected chi connectivity index (χ1v) is 9.95. The molecule has 2 aromatic rings. The zero-order valence-electron chi connectivity index (χ0n) is 15.9. The summed E-state index contributed by atoms with van der Waals surface area (Å²) in [6.45, 7) is 4.01. The van der Waals surface area contributed by atoms with Gasteiger partial charge in [0.2, 0.25) is 11.8 Å². The Labute approximate surface area is 164 Å². The summed E-state index contributed by atoms with van der Waals surface area (Å²) < 4.78 is 13.1. The standard InChI is InChI=1S/C21H25FN2O2S/c1-15-6-4-5-7-18(15)13-27-14-20(25)24(16(2)21(26)23-3)12-17-8-10-19(22)11-9-17/h4-11,16H,12-14H2,1-3H3,(H,23,26)/t16-/m0/s1. The maximum atomic E-state index is 13.1. The molecule has 6 heteroatoms. The molecular weight excluding hydrogens is 363 g/mol. The zero-order valence-corrected chi connectivity index (χ0v) is 16.7. The molecule has 0 saturated carbocycles. The van der Waals surface area contributed by atoms with Gasteiger partial charge in [0, 0.05) is 19.3 Å². The minimum absolute atomic E-state index is 0.117. The molecule has 0 unspecified atom stereocenters. The molecule has 0 saturated heterocycles. The van der Waals surface area contributed by atoms with E-state index in [1.54, 1.807) is 26.1 Å². The van der Waals surface area contributed by atoms with Crippen LogP contribution in [0.5, 0.6) is 0 Å². The summed E-state index contributed by atoms with van der Waals surface area (Å²) in [5, 5.41) is 2.58. The summed E-state index contributed by atoms with van der Waals surface area (Å²) in [6, 6.07) is 13.4. The second kappa shape index (κ2) is 10.1. The molecule has 1 N–H and O–H groups in total. The molecule has 144 valence electrons. The van der Waals surface area contributed by atoms with Crippen LogP contribution in [0.4, 0.5) is 4.39 Å². The minimum Gasteiger partial charge on any atom is -0.357 e. The average molecular weight is 389 g/mol. The van der Waals surface area contributed by atoms with Gasteiger partial charge in [-0.25, -0.2) is 4.39 Å². The van der Waals surface area contributed by atoms with Gasteiger partial charge in [0.05, 0.1) is 5.75 Å². The molecular formula is C21H25FN2O2S. The van der Waals surface area contributed by atoms with Crippen molar-refractivity contribution in [2.45, 2.75) is 32.2 Å². The Morgan fingerprint density at radius 2 is 1.81 bits per heavy atom. The fraction of sp³-hybridized carbons (Fsp3) is 0.333. The topological polar surface area (TPSA) is 49.4 Å². The van der Waals surface area contributed by atoms with Crippen LogP contribution >= 0.6 is 11.8 Å². The molecule has 1 atom stereocenters. The van der Waals surface area contributed by atoms with Crippen molar-refractivity contribution in [2.24, 2.45) is 0 Å². The lowest BCUT2D eigenvalue weighted by molar-refractivity contribution is -0.138. The van der Waals surface area contributed by atoms with Crippen LogP contribution in [-0.4, -0.2) is 35.6 Å². The number of nitrogens with one attached hydrogen (secondary N) is 1. The number of carbonyl (C=O) groups excluding carboxylic acids is 2. The Balaban J connectivity index is 2.04. The van der Waals surface area contributed by atoms with Gasteiger partial charge in [-0.15, -0.1) is 11.8 Å². The highest BCUT2D eigenvalue weighted by Gasteiger charge is 2.25. The Kier molecular flexibility index (Phi) is 7.85. The fourth-order valence-corrected chi connectivity index (χ4v) is 3.67. The summed E-state index contributed by atoms with van der Waals surface area (Å²) in [7, 11) is 1.55. The van der Waals surface area contributed by atoms with Crippen LogP contribution in [-0.2, 0) is 21.9 Å². The first kappa shape index (κ1) is 21.0. The molecule has 2 rings (SSSR count). The van der Waals surface area contributed by atoms with Crippen molar-refractivity contribution >= 4 is 23.6 Å². The molecule has 0 fully saturated rings. The van der Waals surface area contributed by atoms with E-state index < -0.39 is 6.04 Å². The van der Waals surface area contributed by atoms with Gasteiger partial charge < -0.3 is 10.2 Å². The monoisotopic (exact) mass is 388 g/mol. The van der Waals surface area contributed by atoms with E-state index in [9.17, 15) is 14.0 Å². The number of rotatable bonds is 8. The average Bonchev–Trinajstić information content (AvgIpc) is 2.67. The van der Waals surface area contributed by atoms with Crippen molar-refractivity contribution in [1.29, 1.82) is 0 Å². The molecule has 0 heterocycles. The van der Waals surface area contributed by atoms with Gasteiger partial charge in [-0.1, -0.05) is 36.4 Å². The second-order valence-electron chi connectivity index (χ2n) is 6.36. The highest BCUT2D eigenvalue weighted by Crippen LogP contribution is 2.18. The third kappa shape index (κ3) is 6.10. The van der Waals surface area contributed by atoms with E-state index in [0.29, 0.717) is 0 Å². The number of hydrogen-bond acceptors (Lipinski definition) is 3. The molecule has 0 aliphatic carbocycles. The van der Waals surface area contributed by atoms with Crippen molar-refractivity contribution in [2.75, 3.05) is 12.8 Å². The molecule has 0 bridgehead atoms. The van der Waals surface area contributed by atoms with Gasteiger partial charge in [0.1, 0.15) is 11.9 Å². The van der Waals surface area contributed by atoms with E-state index in [2.05, 4.69) is 11.4 Å². The lowest BCUT2D eigenvalue weighted by Crippen LogP contribution is -2.47. The Hall–Kier alpha value is -2.34. The van der Waals surface area contributed by atoms with Crippen molar-refractivity contribution in [3.8, 4) is 0 Å². The molecule has 2 aromatic carbocycles. The van der Waals surface area contributed by atoms with E-state index in [1.165, 1.54) is 39.9 Å². The third-order valence-corrected chi connectivity index (χ3v) is 5.39. The van der Waals surface area contributed by atoms with Crippen molar-refractivity contribution in [1.82, 2.24) is 10.2 Å². The van der Waals surface area contributed by atoms with Crippen molar-refractivity contribution in [3.05, 3.63) is 71.0 Å². The first-order valence-electron chi connectivity index (χ1n) is 8.80. The summed E-state index contributed by atoms with van der Waals surface area (Å²) in [5.74, 6) is 0.335. The van der Waals surface area contributed by atoms with Crippen LogP contribution in [0.25, 0.3) is 0 Å². The predicted octanol–water partition coefficient (Wildman–Crippen LogP) is 3.53. The number of benzene rings is 2. The predicted molar refractivity (Wildman–Crippen MR) is 108 cm³/mol. The maximum Gasteiger partial charge on any atom is 0.242 e. The quantitative estimate of drug-likeness (QED) is 0.753. The lowest BCUT2D eigenvalue weighted by atomic mass is 10.1. The normalized spacial score (nSPS) is 11.7. The number of likely N-dealkylation sites (N-methyl/N-ethyl adjacent to an activating group) is 1. The molecule has 0 aromatic heterocycles. The van der Waals surface area contributed by atoms with E-state index in [1.807, 2.05) is 25.1 Å². The Morgan fingerprint density at radius 3 is 2.44 bits per heavy atom. The van der Waals surface area contributed by atoms with Crippen LogP contribution in [0.3, 0.4) is 0 Å². The number of halogens is 1. The zero-order chi connectivity index (χ0) is 19.8. The van der Waals surface area contributed by atoms with Gasteiger partial charge in [-0.2, -0.15) is 0 Å². The van der Waals surface area contributed by atoms with Crippen molar-refractivity contribution < 1.29 is 14.0 Å². The molecule has 0 radical (unpaired) electrons. The maximum absolute atomic E-state index is 13.1. The van der Waals surface area contributed by atoms with E-state index in [0.717, 1.165) is 11.3 Å². The molecule has 4 nitrogen and oxygen atoms in total. The fourth-order valence-electron chi connectivity index (χ4n) is 2.68. The molecule has 0 spiro atoms. The Morgan fingerprint density at radius 1 is 1.15 bits per heavy atom. The number of thioether (sulfide) groups is 1. The Bertz CT molecular complexity index is 780. The van der Waals surface area contributed by atoms with Crippen LogP contribution in [0.2, 0.25) is 0 Å². The van der Waals surface area contributed by atoms with Crippen LogP contribution < -0.4 is 5.32 Å². The number of nitrogens with zero attached hydrogens (tertiary/aromatic N) is 1. The summed E-state index contributed by atoms with van der Waals surface area (Å²) in [6.07, 6.45) is 0. The molecule has 0 aliphatic rings. The highest BCUT2D eigenvalue weighted by molar-refractivity contribution is 7.99. The molecule has 2 amide bonds. The number of hydrogen-bond donors (Lipinski definition) is 1. The number of amides is 2. The van der Waals surface area contributed by atoms with Crippen molar-refractivity contribution in [3.63, 3.8) is 0 Å². The van der Waals surface area contributed by atoms with Gasteiger partial charge in [0.15, 0.2) is 0 Å². The number of carbonyl (C=O) groups is 2. The summed E-state index contributed by atoms with van der Waals surface area (Å²) in [4.78, 5) is 26.4. The lowest BCUT2D eigenvalue weighted by Gasteiger charge is -2.28. The minimum atomic E-state index is -0.605. The number of aryl methyl sites for hydroxylation is 1. The highest BCUT2D eigenvalue weighted by atomic mass is 32.2. The van der Waals surface area contributed by atoms with E-state index >= 15 is 0 Å². The van der Waals surface area contributed by atoms with E-state index in [4.69, 9.17) is 0 Å². The van der Waals surface area contributed by atoms with Gasteiger partial charge >= 0.3 is 0 Å². The molecule has 0 aliphatic heterocycles. The summed E-state index contributed by atoms with van der Waals surface area (Å²) in [5.41, 5.74) is 3.17. The third-order valence-electron chi connectivity index (χ3n) is 4.42. The smallest absolute Gasteiger partial charge is 0.242 e. The van der Waals surface area contributed by atoms with Gasteiger partial charge in [0.25, 0.3) is 0 Å². The van der Waals surface area contributed by atoms with Crippen LogP contribution in [0.1, 0.15) is 23.6 Å². The van der Waals surface area contributed by atoms with Gasteiger partial charge in [-0.05, 0) is 42.7 Å². The van der Waals surface area contributed by atoms with Crippen LogP contribution in [0, 0.1) is 12.7 Å². The molecule has 27 heavy (non-hydrogen) atoms. The second-order valence-corrected chi connectivity index (χ2v) is 7.34. The SMILES string of the molecule is CNC(=O)[C@H](C)N(Cc1ccc(F)cc1)C(=O)CSCc1ccccc1C. The summed E-state index contributed by atoms with van der Waals surface area (Å²) >= 11 is 1.52. The van der Waals surface area contributed by atoms with E-state index in [-0.39, 0.29) is 29.9 Å². The van der Waals surface area contributed by atoms with Gasteiger partial charge in [-0.3, -0.25) is 9.59 Å². The largest absolute Gasteiger partial charge is 0.357 e. The first-order chi connectivity index (χ1) is 12.9. The van der Waals surface area contributed by atoms with Crippen LogP contribution in [0.15, 0.2) is 48.5 Å².